The molecule has 0 radical (unpaired) electrons. The number of benzene rings is 1. The van der Waals surface area contributed by atoms with E-state index < -0.39 is 11.9 Å². The summed E-state index contributed by atoms with van der Waals surface area (Å²) in [5.74, 6) is -0.375. The number of nitrogens with zero attached hydrogens (tertiary/aromatic N) is 4. The first-order valence-electron chi connectivity index (χ1n) is 12.2. The molecule has 1 aromatic carbocycles. The highest BCUT2D eigenvalue weighted by atomic mass is 16.2. The Morgan fingerprint density at radius 3 is 2.64 bits per heavy atom. The maximum atomic E-state index is 13.3. The van der Waals surface area contributed by atoms with Gasteiger partial charge in [-0.25, -0.2) is 9.97 Å². The molecule has 10 heteroatoms. The van der Waals surface area contributed by atoms with Gasteiger partial charge in [0.25, 0.3) is 5.91 Å². The second-order valence-electron chi connectivity index (χ2n) is 9.34. The lowest BCUT2D eigenvalue weighted by Gasteiger charge is -2.32. The molecule has 0 spiro atoms. The molecule has 2 aromatic heterocycles. The topological polar surface area (TPSA) is 151 Å². The zero-order valence-corrected chi connectivity index (χ0v) is 20.0. The first kappa shape index (κ1) is 23.5. The number of piperidine rings is 1. The second kappa shape index (κ2) is 9.77. The van der Waals surface area contributed by atoms with Gasteiger partial charge < -0.3 is 20.5 Å². The van der Waals surface area contributed by atoms with E-state index in [1.54, 1.807) is 18.1 Å². The van der Waals surface area contributed by atoms with Crippen LogP contribution in [0.25, 0.3) is 11.2 Å². The van der Waals surface area contributed by atoms with E-state index in [1.165, 1.54) is 6.20 Å². The van der Waals surface area contributed by atoms with Gasteiger partial charge in [-0.3, -0.25) is 15.0 Å². The number of H-pyrrole nitrogens is 1. The molecule has 5 rings (SSSR count). The Labute approximate surface area is 208 Å². The van der Waals surface area contributed by atoms with Gasteiger partial charge in [-0.15, -0.1) is 0 Å². The molecule has 2 aliphatic rings. The maximum absolute atomic E-state index is 13.3. The fourth-order valence-corrected chi connectivity index (χ4v) is 4.70. The number of aromatic amines is 1. The van der Waals surface area contributed by atoms with Crippen LogP contribution in [0.15, 0.2) is 36.7 Å². The van der Waals surface area contributed by atoms with E-state index in [4.69, 9.17) is 10.7 Å². The van der Waals surface area contributed by atoms with Crippen LogP contribution in [0.3, 0.4) is 0 Å². The van der Waals surface area contributed by atoms with Crippen LogP contribution in [0.1, 0.15) is 47.3 Å². The van der Waals surface area contributed by atoms with Gasteiger partial charge in [0.1, 0.15) is 17.3 Å². The quantitative estimate of drug-likeness (QED) is 0.379. The summed E-state index contributed by atoms with van der Waals surface area (Å²) < 4.78 is 0. The average Bonchev–Trinajstić information content (AvgIpc) is 3.68. The minimum absolute atomic E-state index is 0.0131. The monoisotopic (exact) mass is 484 g/mol. The van der Waals surface area contributed by atoms with Crippen molar-refractivity contribution in [2.45, 2.75) is 31.7 Å². The number of rotatable bonds is 7. The summed E-state index contributed by atoms with van der Waals surface area (Å²) in [4.78, 5) is 40.3. The van der Waals surface area contributed by atoms with Crippen molar-refractivity contribution in [3.8, 4) is 6.07 Å². The summed E-state index contributed by atoms with van der Waals surface area (Å²) in [6.07, 6.45) is 6.17. The molecule has 4 N–H and O–H groups in total. The van der Waals surface area contributed by atoms with Crippen LogP contribution in [0.4, 0.5) is 5.69 Å². The molecule has 1 atom stereocenters. The molecule has 1 aliphatic heterocycles. The van der Waals surface area contributed by atoms with Crippen molar-refractivity contribution in [3.05, 3.63) is 53.5 Å². The number of anilines is 1. The summed E-state index contributed by atoms with van der Waals surface area (Å²) in [6.45, 7) is 1.07. The molecule has 1 saturated heterocycles. The fraction of sp³-hybridized carbons (Fsp3) is 0.385. The highest BCUT2D eigenvalue weighted by Gasteiger charge is 2.40. The van der Waals surface area contributed by atoms with Crippen molar-refractivity contribution >= 4 is 34.4 Å². The minimum Gasteiger partial charge on any atom is -0.388 e. The summed E-state index contributed by atoms with van der Waals surface area (Å²) >= 11 is 0. The van der Waals surface area contributed by atoms with E-state index in [9.17, 15) is 9.59 Å². The van der Waals surface area contributed by atoms with E-state index in [-0.39, 0.29) is 29.0 Å². The third kappa shape index (κ3) is 4.52. The summed E-state index contributed by atoms with van der Waals surface area (Å²) in [5.41, 5.74) is 3.08. The van der Waals surface area contributed by atoms with Crippen molar-refractivity contribution < 1.29 is 9.59 Å². The first-order valence-corrected chi connectivity index (χ1v) is 12.2. The van der Waals surface area contributed by atoms with Crippen LogP contribution in [0.2, 0.25) is 0 Å². The van der Waals surface area contributed by atoms with Crippen LogP contribution >= 0.6 is 0 Å². The number of nitrogens with one attached hydrogen (secondary N) is 4. The lowest BCUT2D eigenvalue weighted by atomic mass is 9.97. The molecule has 3 aromatic rings. The Kier molecular flexibility index (Phi) is 6.38. The maximum Gasteiger partial charge on any atom is 0.255 e. The molecule has 36 heavy (non-hydrogen) atoms. The molecule has 10 nitrogen and oxygen atoms in total. The average molecular weight is 485 g/mol. The van der Waals surface area contributed by atoms with Gasteiger partial charge in [-0.05, 0) is 37.7 Å². The van der Waals surface area contributed by atoms with Gasteiger partial charge in [-0.2, -0.15) is 5.26 Å². The number of aromatic nitrogens is 3. The summed E-state index contributed by atoms with van der Waals surface area (Å²) in [5, 5.41) is 23.8. The van der Waals surface area contributed by atoms with Crippen molar-refractivity contribution in [1.29, 1.82) is 10.7 Å². The van der Waals surface area contributed by atoms with Gasteiger partial charge >= 0.3 is 0 Å². The molecular formula is C26H28N8O2. The third-order valence-electron chi connectivity index (χ3n) is 6.98. The van der Waals surface area contributed by atoms with Gasteiger partial charge in [-0.1, -0.05) is 18.2 Å². The molecule has 3 heterocycles. The van der Waals surface area contributed by atoms with Crippen LogP contribution < -0.4 is 10.6 Å². The number of likely N-dealkylation sites (tertiary alicyclic amines) is 1. The zero-order valence-electron chi connectivity index (χ0n) is 20.0. The molecule has 2 amide bonds. The predicted octanol–water partition coefficient (Wildman–Crippen LogP) is 2.69. The Balaban J connectivity index is 1.37. The van der Waals surface area contributed by atoms with Crippen LogP contribution in [-0.4, -0.2) is 63.6 Å². The number of carbonyl (C=O) groups excluding carboxylic acids is 2. The van der Waals surface area contributed by atoms with E-state index in [2.05, 4.69) is 31.7 Å². The molecule has 0 bridgehead atoms. The predicted molar refractivity (Wildman–Crippen MR) is 135 cm³/mol. The number of hydrogen-bond acceptors (Lipinski definition) is 7. The van der Waals surface area contributed by atoms with E-state index in [0.29, 0.717) is 48.4 Å². The van der Waals surface area contributed by atoms with Crippen LogP contribution in [0, 0.1) is 28.6 Å². The fourth-order valence-electron chi connectivity index (χ4n) is 4.70. The smallest absolute Gasteiger partial charge is 0.255 e. The lowest BCUT2D eigenvalue weighted by Crippen LogP contribution is -2.51. The molecule has 1 saturated carbocycles. The van der Waals surface area contributed by atoms with Crippen molar-refractivity contribution in [1.82, 2.24) is 25.2 Å². The largest absolute Gasteiger partial charge is 0.388 e. The molecule has 2 fully saturated rings. The van der Waals surface area contributed by atoms with Crippen molar-refractivity contribution in [2.24, 2.45) is 11.8 Å². The number of para-hydroxylation sites is 1. The van der Waals surface area contributed by atoms with Crippen LogP contribution in [0.5, 0.6) is 0 Å². The zero-order chi connectivity index (χ0) is 25.2. The number of amides is 2. The Morgan fingerprint density at radius 2 is 1.94 bits per heavy atom. The van der Waals surface area contributed by atoms with Crippen molar-refractivity contribution in [2.75, 3.05) is 25.5 Å². The van der Waals surface area contributed by atoms with Gasteiger partial charge in [0, 0.05) is 43.5 Å². The molecule has 184 valence electrons. The Hall–Kier alpha value is -4.26. The number of hydrogen-bond donors (Lipinski definition) is 4. The van der Waals surface area contributed by atoms with Gasteiger partial charge in [0.05, 0.1) is 23.5 Å². The SMILES string of the molecule is CNc1ccccc1C(=N)c1cnc2[nH]cc(C(=O)NC(C(=O)N3CCC(C#N)CC3)C3CC3)c2n1. The molecule has 1 aliphatic carbocycles. The standard InChI is InChI=1S/C26H28N8O2/c1-29-19-5-3-2-4-17(19)21(28)20-14-31-24-23(32-20)18(13-30-24)25(35)33-22(16-6-7-16)26(36)34-10-8-15(12-27)9-11-34/h2-5,13-16,22,28-29H,6-11H2,1H3,(H,30,31)(H,33,35). The highest BCUT2D eigenvalue weighted by molar-refractivity contribution is 6.14. The highest BCUT2D eigenvalue weighted by Crippen LogP contribution is 2.34. The van der Waals surface area contributed by atoms with E-state index in [0.717, 1.165) is 18.5 Å². The minimum atomic E-state index is -0.599. The Morgan fingerprint density at radius 1 is 1.19 bits per heavy atom. The summed E-state index contributed by atoms with van der Waals surface area (Å²) in [7, 11) is 1.79. The Bertz CT molecular complexity index is 1360. The van der Waals surface area contributed by atoms with E-state index >= 15 is 0 Å². The third-order valence-corrected chi connectivity index (χ3v) is 6.98. The van der Waals surface area contributed by atoms with Crippen molar-refractivity contribution in [3.63, 3.8) is 0 Å². The summed E-state index contributed by atoms with van der Waals surface area (Å²) in [6, 6.07) is 9.13. The van der Waals surface area contributed by atoms with E-state index in [1.807, 2.05) is 24.3 Å². The van der Waals surface area contributed by atoms with Gasteiger partial charge in [0.2, 0.25) is 5.91 Å². The number of carbonyl (C=O) groups is 2. The normalized spacial score (nSPS) is 16.8. The van der Waals surface area contributed by atoms with Crippen LogP contribution in [-0.2, 0) is 4.79 Å². The lowest BCUT2D eigenvalue weighted by molar-refractivity contribution is -0.135. The number of fused-ring (bicyclic) bond motifs is 1. The molecule has 1 unspecified atom stereocenters. The second-order valence-corrected chi connectivity index (χ2v) is 9.34. The number of nitriles is 1. The van der Waals surface area contributed by atoms with Gasteiger partial charge in [0.15, 0.2) is 5.65 Å². The first-order chi connectivity index (χ1) is 17.5. The molecular weight excluding hydrogens is 456 g/mol.